The molecule has 0 aromatic heterocycles. The first-order chi connectivity index (χ1) is 6.66. The van der Waals surface area contributed by atoms with Gasteiger partial charge in [0.15, 0.2) is 0 Å². The lowest BCUT2D eigenvalue weighted by Gasteiger charge is -2.45. The minimum absolute atomic E-state index is 0.0713. The third-order valence-electron chi connectivity index (χ3n) is 3.35. The van der Waals surface area contributed by atoms with E-state index in [0.29, 0.717) is 6.04 Å². The van der Waals surface area contributed by atoms with Crippen molar-refractivity contribution < 1.29 is 4.79 Å². The molecule has 2 atom stereocenters. The van der Waals surface area contributed by atoms with E-state index in [-0.39, 0.29) is 10.7 Å². The number of halogens is 1. The number of carbonyl (C=O) groups is 1. The zero-order valence-electron chi connectivity index (χ0n) is 8.50. The highest BCUT2D eigenvalue weighted by molar-refractivity contribution is 9.10. The van der Waals surface area contributed by atoms with Gasteiger partial charge in [0.05, 0.1) is 4.83 Å². The number of nitrogens with zero attached hydrogens (tertiary/aromatic N) is 1. The van der Waals surface area contributed by atoms with Gasteiger partial charge in [0, 0.05) is 12.6 Å². The number of carbonyl (C=O) groups excluding carboxylic acids is 1. The molecule has 4 heteroatoms. The second-order valence-electron chi connectivity index (χ2n) is 4.37. The van der Waals surface area contributed by atoms with Gasteiger partial charge in [-0.25, -0.2) is 0 Å². The van der Waals surface area contributed by atoms with Crippen LogP contribution in [0.2, 0.25) is 0 Å². The minimum atomic E-state index is -0.0713. The highest BCUT2D eigenvalue weighted by Crippen LogP contribution is 2.27. The first-order valence-corrected chi connectivity index (χ1v) is 6.25. The van der Waals surface area contributed by atoms with E-state index in [0.717, 1.165) is 12.5 Å². The average Bonchev–Trinajstić information content (AvgIpc) is 2.19. The molecule has 3 aliphatic rings. The van der Waals surface area contributed by atoms with Gasteiger partial charge >= 0.3 is 0 Å². The summed E-state index contributed by atoms with van der Waals surface area (Å²) in [5.74, 6) is 0.846. The molecule has 2 bridgehead atoms. The summed E-state index contributed by atoms with van der Waals surface area (Å²) in [7, 11) is 0. The summed E-state index contributed by atoms with van der Waals surface area (Å²) < 4.78 is 0. The Labute approximate surface area is 93.4 Å². The van der Waals surface area contributed by atoms with E-state index >= 15 is 0 Å². The summed E-state index contributed by atoms with van der Waals surface area (Å²) in [6.45, 7) is 5.37. The van der Waals surface area contributed by atoms with Gasteiger partial charge in [-0.05, 0) is 38.8 Å². The van der Waals surface area contributed by atoms with Crippen molar-refractivity contribution in [2.24, 2.45) is 5.92 Å². The number of fused-ring (bicyclic) bond motifs is 3. The van der Waals surface area contributed by atoms with Crippen LogP contribution < -0.4 is 5.32 Å². The number of alkyl halides is 1. The molecule has 0 aromatic rings. The highest BCUT2D eigenvalue weighted by Gasteiger charge is 2.35. The molecule has 3 rings (SSSR count). The molecular formula is C10H17BrN2O. The maximum atomic E-state index is 11.5. The zero-order valence-corrected chi connectivity index (χ0v) is 10.1. The van der Waals surface area contributed by atoms with Crippen molar-refractivity contribution in [3.63, 3.8) is 0 Å². The zero-order chi connectivity index (χ0) is 10.1. The number of rotatable bonds is 2. The van der Waals surface area contributed by atoms with Gasteiger partial charge in [-0.1, -0.05) is 15.9 Å². The summed E-state index contributed by atoms with van der Waals surface area (Å²) in [6.07, 6.45) is 2.50. The lowest BCUT2D eigenvalue weighted by Crippen LogP contribution is -2.57. The van der Waals surface area contributed by atoms with Crippen molar-refractivity contribution in [1.29, 1.82) is 0 Å². The SMILES string of the molecule is CC(Br)C(=O)NC1CN2CCC1CC2. The normalized spacial score (nSPS) is 38.0. The molecule has 0 radical (unpaired) electrons. The van der Waals surface area contributed by atoms with Crippen LogP contribution in [0, 0.1) is 5.92 Å². The van der Waals surface area contributed by atoms with Gasteiger partial charge < -0.3 is 10.2 Å². The fraction of sp³-hybridized carbons (Fsp3) is 0.900. The molecule has 0 spiro atoms. The summed E-state index contributed by atoms with van der Waals surface area (Å²) >= 11 is 3.29. The smallest absolute Gasteiger partial charge is 0.233 e. The van der Waals surface area contributed by atoms with Crippen LogP contribution in [0.15, 0.2) is 0 Å². The Morgan fingerprint density at radius 3 is 2.57 bits per heavy atom. The Bertz CT molecular complexity index is 224. The van der Waals surface area contributed by atoms with Gasteiger partial charge in [0.1, 0.15) is 0 Å². The van der Waals surface area contributed by atoms with Crippen LogP contribution in [0.5, 0.6) is 0 Å². The Kier molecular flexibility index (Phi) is 3.12. The highest BCUT2D eigenvalue weighted by atomic mass is 79.9. The molecule has 0 saturated carbocycles. The largest absolute Gasteiger partial charge is 0.351 e. The molecule has 1 N–H and O–H groups in total. The van der Waals surface area contributed by atoms with E-state index in [9.17, 15) is 4.79 Å². The lowest BCUT2D eigenvalue weighted by atomic mass is 9.84. The maximum Gasteiger partial charge on any atom is 0.233 e. The monoisotopic (exact) mass is 260 g/mol. The van der Waals surface area contributed by atoms with E-state index < -0.39 is 0 Å². The predicted molar refractivity (Wildman–Crippen MR) is 59.5 cm³/mol. The van der Waals surface area contributed by atoms with Gasteiger partial charge in [-0.2, -0.15) is 0 Å². The third-order valence-corrected chi connectivity index (χ3v) is 3.76. The summed E-state index contributed by atoms with van der Waals surface area (Å²) in [4.78, 5) is 13.9. The predicted octanol–water partition coefficient (Wildman–Crippen LogP) is 0.980. The van der Waals surface area contributed by atoms with E-state index in [1.54, 1.807) is 0 Å². The van der Waals surface area contributed by atoms with Crippen molar-refractivity contribution in [3.05, 3.63) is 0 Å². The van der Waals surface area contributed by atoms with Crippen LogP contribution in [0.1, 0.15) is 19.8 Å². The molecule has 3 fully saturated rings. The van der Waals surface area contributed by atoms with Crippen LogP contribution in [0.3, 0.4) is 0 Å². The molecule has 3 aliphatic heterocycles. The van der Waals surface area contributed by atoms with Crippen molar-refractivity contribution in [1.82, 2.24) is 10.2 Å². The van der Waals surface area contributed by atoms with Gasteiger partial charge in [-0.15, -0.1) is 0 Å². The Hall–Kier alpha value is -0.0900. The van der Waals surface area contributed by atoms with Crippen molar-refractivity contribution in [2.75, 3.05) is 19.6 Å². The number of hydrogen-bond acceptors (Lipinski definition) is 2. The molecule has 2 unspecified atom stereocenters. The van der Waals surface area contributed by atoms with Crippen LogP contribution in [-0.4, -0.2) is 41.3 Å². The molecular weight excluding hydrogens is 244 g/mol. The molecule has 80 valence electrons. The molecule has 0 aliphatic carbocycles. The first-order valence-electron chi connectivity index (χ1n) is 5.33. The second-order valence-corrected chi connectivity index (χ2v) is 5.74. The van der Waals surface area contributed by atoms with Crippen molar-refractivity contribution in [3.8, 4) is 0 Å². The molecule has 3 heterocycles. The average molecular weight is 261 g/mol. The fourth-order valence-corrected chi connectivity index (χ4v) is 2.56. The van der Waals surface area contributed by atoms with Crippen LogP contribution in [0.4, 0.5) is 0 Å². The molecule has 0 aromatic carbocycles. The van der Waals surface area contributed by atoms with Gasteiger partial charge in [-0.3, -0.25) is 4.79 Å². The minimum Gasteiger partial charge on any atom is -0.351 e. The summed E-state index contributed by atoms with van der Waals surface area (Å²) in [6, 6.07) is 0.394. The Morgan fingerprint density at radius 2 is 2.14 bits per heavy atom. The van der Waals surface area contributed by atoms with E-state index in [2.05, 4.69) is 26.1 Å². The molecule has 1 amide bonds. The number of nitrogens with one attached hydrogen (secondary N) is 1. The Morgan fingerprint density at radius 1 is 1.50 bits per heavy atom. The van der Waals surface area contributed by atoms with Crippen LogP contribution in [0.25, 0.3) is 0 Å². The third kappa shape index (κ3) is 2.11. The number of piperidine rings is 3. The van der Waals surface area contributed by atoms with Gasteiger partial charge in [0.25, 0.3) is 0 Å². The summed E-state index contributed by atoms with van der Waals surface area (Å²) in [5.41, 5.74) is 0. The van der Waals surface area contributed by atoms with E-state index in [1.807, 2.05) is 6.92 Å². The fourth-order valence-electron chi connectivity index (χ4n) is 2.43. The van der Waals surface area contributed by atoms with Crippen LogP contribution in [-0.2, 0) is 4.79 Å². The standard InChI is InChI=1S/C10H17BrN2O/c1-7(11)10(14)12-9-6-13-4-2-8(9)3-5-13/h7-9H,2-6H2,1H3,(H,12,14). The first kappa shape index (κ1) is 10.4. The van der Waals surface area contributed by atoms with Crippen molar-refractivity contribution in [2.45, 2.75) is 30.6 Å². The number of amides is 1. The summed E-state index contributed by atoms with van der Waals surface area (Å²) in [5, 5.41) is 3.12. The van der Waals surface area contributed by atoms with E-state index in [4.69, 9.17) is 0 Å². The van der Waals surface area contributed by atoms with Crippen molar-refractivity contribution >= 4 is 21.8 Å². The quantitative estimate of drug-likeness (QED) is 0.751. The molecule has 3 nitrogen and oxygen atoms in total. The maximum absolute atomic E-state index is 11.5. The second kappa shape index (κ2) is 4.19. The molecule has 14 heavy (non-hydrogen) atoms. The topological polar surface area (TPSA) is 32.3 Å². The van der Waals surface area contributed by atoms with Gasteiger partial charge in [0.2, 0.25) is 5.91 Å². The molecule has 3 saturated heterocycles. The number of hydrogen-bond donors (Lipinski definition) is 1. The lowest BCUT2D eigenvalue weighted by molar-refractivity contribution is -0.122. The van der Waals surface area contributed by atoms with Crippen LogP contribution >= 0.6 is 15.9 Å². The Balaban J connectivity index is 1.90. The van der Waals surface area contributed by atoms with E-state index in [1.165, 1.54) is 25.9 Å².